The highest BCUT2D eigenvalue weighted by molar-refractivity contribution is 5.95. The molecule has 4 heterocycles. The molecule has 2 aliphatic heterocycles. The van der Waals surface area contributed by atoms with Gasteiger partial charge in [-0.3, -0.25) is 9.48 Å². The lowest BCUT2D eigenvalue weighted by Crippen LogP contribution is -2.23. The molecule has 0 aliphatic carbocycles. The van der Waals surface area contributed by atoms with Gasteiger partial charge in [-0.25, -0.2) is 9.97 Å². The fraction of sp³-hybridized carbons (Fsp3) is 0.529. The topological polar surface area (TPSA) is 76.4 Å². The number of ether oxygens (including phenoxy) is 1. The summed E-state index contributed by atoms with van der Waals surface area (Å²) in [6.07, 6.45) is 8.13. The SMILES string of the molecule is COCc1nccc(N2CCC(n3cc(N4CCCC4=O)cn3)C2)n1. The van der Waals surface area contributed by atoms with Crippen LogP contribution in [-0.4, -0.2) is 52.4 Å². The zero-order chi connectivity index (χ0) is 17.2. The molecule has 0 aromatic carbocycles. The third-order valence-corrected chi connectivity index (χ3v) is 4.80. The van der Waals surface area contributed by atoms with Crippen molar-refractivity contribution in [3.05, 3.63) is 30.5 Å². The Hall–Kier alpha value is -2.48. The Morgan fingerprint density at radius 3 is 3.08 bits per heavy atom. The normalized spacial score (nSPS) is 20.7. The van der Waals surface area contributed by atoms with Gasteiger partial charge in [0.15, 0.2) is 5.82 Å². The van der Waals surface area contributed by atoms with Crippen LogP contribution in [-0.2, 0) is 16.1 Å². The summed E-state index contributed by atoms with van der Waals surface area (Å²) in [5.41, 5.74) is 0.908. The lowest BCUT2D eigenvalue weighted by atomic mass is 10.3. The van der Waals surface area contributed by atoms with Gasteiger partial charge in [0.05, 0.1) is 17.9 Å². The molecule has 0 saturated carbocycles. The van der Waals surface area contributed by atoms with Gasteiger partial charge in [-0.05, 0) is 18.9 Å². The molecule has 8 heteroatoms. The third kappa shape index (κ3) is 3.21. The van der Waals surface area contributed by atoms with Gasteiger partial charge < -0.3 is 14.5 Å². The number of methoxy groups -OCH3 is 1. The lowest BCUT2D eigenvalue weighted by Gasteiger charge is -2.18. The van der Waals surface area contributed by atoms with Gasteiger partial charge in [0.1, 0.15) is 12.4 Å². The van der Waals surface area contributed by atoms with Crippen LogP contribution in [0.1, 0.15) is 31.1 Å². The van der Waals surface area contributed by atoms with Crippen molar-refractivity contribution in [3.8, 4) is 0 Å². The molecule has 1 unspecified atom stereocenters. The largest absolute Gasteiger partial charge is 0.377 e. The summed E-state index contributed by atoms with van der Waals surface area (Å²) in [7, 11) is 1.64. The Kier molecular flexibility index (Phi) is 4.35. The maximum Gasteiger partial charge on any atom is 0.227 e. The van der Waals surface area contributed by atoms with Gasteiger partial charge in [0.25, 0.3) is 0 Å². The monoisotopic (exact) mass is 342 g/mol. The Morgan fingerprint density at radius 1 is 1.36 bits per heavy atom. The van der Waals surface area contributed by atoms with E-state index >= 15 is 0 Å². The van der Waals surface area contributed by atoms with E-state index in [0.29, 0.717) is 18.9 Å². The molecule has 2 aromatic rings. The average Bonchev–Trinajstić information content (AvgIpc) is 3.35. The second kappa shape index (κ2) is 6.79. The number of rotatable bonds is 5. The standard InChI is InChI=1S/C17H22N6O2/c1-25-12-15-18-6-4-16(20-15)21-8-5-13(10-21)23-11-14(9-19-23)22-7-2-3-17(22)24/h4,6,9,11,13H,2-3,5,7-8,10,12H2,1H3. The quantitative estimate of drug-likeness (QED) is 0.817. The van der Waals surface area contributed by atoms with E-state index in [4.69, 9.17) is 4.74 Å². The molecule has 2 fully saturated rings. The second-order valence-corrected chi connectivity index (χ2v) is 6.48. The zero-order valence-corrected chi connectivity index (χ0v) is 14.3. The molecular formula is C17H22N6O2. The summed E-state index contributed by atoms with van der Waals surface area (Å²) in [4.78, 5) is 24.7. The van der Waals surface area contributed by atoms with Gasteiger partial charge in [-0.15, -0.1) is 0 Å². The first-order chi connectivity index (χ1) is 12.2. The van der Waals surface area contributed by atoms with Crippen LogP contribution in [0.4, 0.5) is 11.5 Å². The second-order valence-electron chi connectivity index (χ2n) is 6.48. The molecule has 2 aromatic heterocycles. The summed E-state index contributed by atoms with van der Waals surface area (Å²) in [6, 6.07) is 2.21. The summed E-state index contributed by atoms with van der Waals surface area (Å²) >= 11 is 0. The zero-order valence-electron chi connectivity index (χ0n) is 14.3. The molecule has 0 spiro atoms. The van der Waals surface area contributed by atoms with Crippen molar-refractivity contribution in [1.82, 2.24) is 19.7 Å². The van der Waals surface area contributed by atoms with E-state index in [-0.39, 0.29) is 11.9 Å². The Morgan fingerprint density at radius 2 is 2.28 bits per heavy atom. The highest BCUT2D eigenvalue weighted by Crippen LogP contribution is 2.28. The van der Waals surface area contributed by atoms with Crippen LogP contribution < -0.4 is 9.80 Å². The van der Waals surface area contributed by atoms with Crippen molar-refractivity contribution in [2.24, 2.45) is 0 Å². The van der Waals surface area contributed by atoms with Crippen LogP contribution in [0.2, 0.25) is 0 Å². The highest BCUT2D eigenvalue weighted by Gasteiger charge is 2.28. The lowest BCUT2D eigenvalue weighted by molar-refractivity contribution is -0.117. The number of hydrogen-bond acceptors (Lipinski definition) is 6. The van der Waals surface area contributed by atoms with E-state index in [2.05, 4.69) is 20.0 Å². The smallest absolute Gasteiger partial charge is 0.227 e. The summed E-state index contributed by atoms with van der Waals surface area (Å²) in [5.74, 6) is 1.81. The van der Waals surface area contributed by atoms with E-state index in [9.17, 15) is 4.79 Å². The van der Waals surface area contributed by atoms with E-state index in [0.717, 1.165) is 44.0 Å². The van der Waals surface area contributed by atoms with E-state index < -0.39 is 0 Å². The van der Waals surface area contributed by atoms with Crippen LogP contribution in [0.5, 0.6) is 0 Å². The minimum absolute atomic E-state index is 0.194. The molecule has 1 amide bonds. The van der Waals surface area contributed by atoms with Gasteiger partial charge in [-0.2, -0.15) is 5.10 Å². The molecule has 132 valence electrons. The van der Waals surface area contributed by atoms with Gasteiger partial charge >= 0.3 is 0 Å². The molecule has 1 atom stereocenters. The van der Waals surface area contributed by atoms with Crippen LogP contribution in [0, 0.1) is 0 Å². The molecule has 2 saturated heterocycles. The Bertz CT molecular complexity index is 761. The maximum atomic E-state index is 11.9. The van der Waals surface area contributed by atoms with Crippen molar-refractivity contribution >= 4 is 17.4 Å². The number of nitrogens with zero attached hydrogens (tertiary/aromatic N) is 6. The highest BCUT2D eigenvalue weighted by atomic mass is 16.5. The first kappa shape index (κ1) is 16.0. The molecule has 4 rings (SSSR count). The molecule has 0 bridgehead atoms. The van der Waals surface area contributed by atoms with Gasteiger partial charge in [-0.1, -0.05) is 0 Å². The molecule has 25 heavy (non-hydrogen) atoms. The molecule has 0 radical (unpaired) electrons. The van der Waals surface area contributed by atoms with Crippen LogP contribution in [0.25, 0.3) is 0 Å². The fourth-order valence-corrected chi connectivity index (χ4v) is 3.52. The van der Waals surface area contributed by atoms with Crippen molar-refractivity contribution in [2.45, 2.75) is 31.9 Å². The first-order valence-corrected chi connectivity index (χ1v) is 8.65. The van der Waals surface area contributed by atoms with Crippen LogP contribution in [0.3, 0.4) is 0 Å². The Labute approximate surface area is 146 Å². The predicted molar refractivity (Wildman–Crippen MR) is 92.4 cm³/mol. The average molecular weight is 342 g/mol. The molecule has 2 aliphatic rings. The number of aromatic nitrogens is 4. The maximum absolute atomic E-state index is 11.9. The van der Waals surface area contributed by atoms with Crippen molar-refractivity contribution in [3.63, 3.8) is 0 Å². The van der Waals surface area contributed by atoms with Gasteiger partial charge in [0, 0.05) is 45.6 Å². The van der Waals surface area contributed by atoms with Crippen LogP contribution >= 0.6 is 0 Å². The van der Waals surface area contributed by atoms with Crippen molar-refractivity contribution in [2.75, 3.05) is 36.5 Å². The summed E-state index contributed by atoms with van der Waals surface area (Å²) in [6.45, 7) is 2.98. The van der Waals surface area contributed by atoms with Gasteiger partial charge in [0.2, 0.25) is 5.91 Å². The number of hydrogen-bond donors (Lipinski definition) is 0. The van der Waals surface area contributed by atoms with E-state index in [1.807, 2.05) is 21.8 Å². The molecule has 0 N–H and O–H groups in total. The number of anilines is 2. The van der Waals surface area contributed by atoms with Crippen molar-refractivity contribution < 1.29 is 9.53 Å². The number of carbonyl (C=O) groups is 1. The number of carbonyl (C=O) groups excluding carboxylic acids is 1. The fourth-order valence-electron chi connectivity index (χ4n) is 3.52. The van der Waals surface area contributed by atoms with E-state index in [1.165, 1.54) is 0 Å². The Balaban J connectivity index is 1.45. The summed E-state index contributed by atoms with van der Waals surface area (Å²) in [5, 5.41) is 4.50. The van der Waals surface area contributed by atoms with Crippen LogP contribution in [0.15, 0.2) is 24.7 Å². The summed E-state index contributed by atoms with van der Waals surface area (Å²) < 4.78 is 7.09. The third-order valence-electron chi connectivity index (χ3n) is 4.80. The predicted octanol–water partition coefficient (Wildman–Crippen LogP) is 1.40. The minimum Gasteiger partial charge on any atom is -0.377 e. The minimum atomic E-state index is 0.194. The van der Waals surface area contributed by atoms with Crippen molar-refractivity contribution in [1.29, 1.82) is 0 Å². The first-order valence-electron chi connectivity index (χ1n) is 8.65. The van der Waals surface area contributed by atoms with E-state index in [1.54, 1.807) is 19.5 Å². The molecular weight excluding hydrogens is 320 g/mol. The molecule has 8 nitrogen and oxygen atoms in total. The number of amides is 1.